The molecule has 0 amide bonds. The monoisotopic (exact) mass is 404 g/mol. The lowest BCUT2D eigenvalue weighted by Gasteiger charge is -2.47. The second kappa shape index (κ2) is 8.34. The SMILES string of the molecule is Cc1nn(-c2ccccc2)c(C)c1CN1CC[C@](O)(c2ccccc2)[C@H](N(C)C)C1. The van der Waals surface area contributed by atoms with E-state index in [-0.39, 0.29) is 6.04 Å². The van der Waals surface area contributed by atoms with Gasteiger partial charge in [-0.1, -0.05) is 48.5 Å². The molecular weight excluding hydrogens is 372 g/mol. The maximum atomic E-state index is 11.6. The molecule has 1 fully saturated rings. The number of para-hydroxylation sites is 1. The Balaban J connectivity index is 1.57. The van der Waals surface area contributed by atoms with E-state index in [1.54, 1.807) is 0 Å². The van der Waals surface area contributed by atoms with Crippen LogP contribution >= 0.6 is 0 Å². The van der Waals surface area contributed by atoms with Crippen LogP contribution in [-0.4, -0.2) is 57.9 Å². The summed E-state index contributed by atoms with van der Waals surface area (Å²) in [5.74, 6) is 0. The van der Waals surface area contributed by atoms with Gasteiger partial charge in [-0.05, 0) is 52.1 Å². The molecule has 0 aliphatic carbocycles. The molecule has 2 atom stereocenters. The van der Waals surface area contributed by atoms with Gasteiger partial charge < -0.3 is 10.0 Å². The standard InChI is InChI=1S/C25H32N4O/c1-19-23(20(2)29(26-19)22-13-9-6-10-14-22)17-28-16-15-25(30,24(18-28)27(3)4)21-11-7-5-8-12-21/h5-14,24,30H,15-18H2,1-4H3/t24-,25+/m1/s1. The molecule has 0 saturated carbocycles. The van der Waals surface area contributed by atoms with E-state index in [0.29, 0.717) is 6.42 Å². The summed E-state index contributed by atoms with van der Waals surface area (Å²) in [6.07, 6.45) is 0.713. The number of aromatic nitrogens is 2. The summed E-state index contributed by atoms with van der Waals surface area (Å²) in [6.45, 7) is 6.75. The number of hydrogen-bond donors (Lipinski definition) is 1. The quantitative estimate of drug-likeness (QED) is 0.707. The first kappa shape index (κ1) is 20.8. The fourth-order valence-electron chi connectivity index (χ4n) is 4.73. The largest absolute Gasteiger partial charge is 0.383 e. The van der Waals surface area contributed by atoms with E-state index in [1.807, 2.05) is 53.2 Å². The molecule has 1 saturated heterocycles. The molecule has 0 radical (unpaired) electrons. The molecule has 5 heteroatoms. The van der Waals surface area contributed by atoms with Crippen LogP contribution in [0.25, 0.3) is 5.69 Å². The van der Waals surface area contributed by atoms with Crippen molar-refractivity contribution in [2.45, 2.75) is 38.5 Å². The van der Waals surface area contributed by atoms with E-state index in [2.05, 4.69) is 49.9 Å². The average molecular weight is 405 g/mol. The maximum Gasteiger partial charge on any atom is 0.107 e. The van der Waals surface area contributed by atoms with Gasteiger partial charge in [0, 0.05) is 30.9 Å². The Labute approximate surface area is 179 Å². The van der Waals surface area contributed by atoms with Gasteiger partial charge in [0.05, 0.1) is 17.4 Å². The number of aryl methyl sites for hydroxylation is 1. The van der Waals surface area contributed by atoms with Crippen molar-refractivity contribution in [2.24, 2.45) is 0 Å². The van der Waals surface area contributed by atoms with Gasteiger partial charge in [-0.3, -0.25) is 4.90 Å². The number of piperidine rings is 1. The molecule has 2 heterocycles. The maximum absolute atomic E-state index is 11.6. The van der Waals surface area contributed by atoms with Crippen LogP contribution in [0.2, 0.25) is 0 Å². The van der Waals surface area contributed by atoms with Gasteiger partial charge in [0.15, 0.2) is 0 Å². The van der Waals surface area contributed by atoms with Crippen LogP contribution in [0.5, 0.6) is 0 Å². The first-order chi connectivity index (χ1) is 14.4. The van der Waals surface area contributed by atoms with Crippen molar-refractivity contribution in [1.82, 2.24) is 19.6 Å². The third-order valence-electron chi connectivity index (χ3n) is 6.51. The van der Waals surface area contributed by atoms with Crippen molar-refractivity contribution in [3.8, 4) is 5.69 Å². The van der Waals surface area contributed by atoms with E-state index in [9.17, 15) is 5.11 Å². The molecule has 1 aliphatic heterocycles. The summed E-state index contributed by atoms with van der Waals surface area (Å²) in [7, 11) is 4.12. The lowest BCUT2D eigenvalue weighted by molar-refractivity contribution is -0.0893. The average Bonchev–Trinajstić information content (AvgIpc) is 3.04. The predicted molar refractivity (Wildman–Crippen MR) is 121 cm³/mol. The minimum absolute atomic E-state index is 0.0263. The fraction of sp³-hybridized carbons (Fsp3) is 0.400. The van der Waals surface area contributed by atoms with Crippen LogP contribution in [0.15, 0.2) is 60.7 Å². The lowest BCUT2D eigenvalue weighted by Crippen LogP contribution is -2.58. The minimum Gasteiger partial charge on any atom is -0.383 e. The number of hydrogen-bond acceptors (Lipinski definition) is 4. The summed E-state index contributed by atoms with van der Waals surface area (Å²) >= 11 is 0. The minimum atomic E-state index is -0.834. The van der Waals surface area contributed by atoms with Crippen LogP contribution < -0.4 is 0 Å². The summed E-state index contributed by atoms with van der Waals surface area (Å²) < 4.78 is 2.04. The van der Waals surface area contributed by atoms with Crippen LogP contribution in [-0.2, 0) is 12.1 Å². The first-order valence-corrected chi connectivity index (χ1v) is 10.7. The van der Waals surface area contributed by atoms with E-state index in [1.165, 1.54) is 11.3 Å². The normalized spacial score (nSPS) is 22.5. The van der Waals surface area contributed by atoms with Crippen LogP contribution in [0.1, 0.15) is 28.9 Å². The Morgan fingerprint density at radius 2 is 1.67 bits per heavy atom. The van der Waals surface area contributed by atoms with Crippen molar-refractivity contribution >= 4 is 0 Å². The zero-order valence-corrected chi connectivity index (χ0v) is 18.4. The van der Waals surface area contributed by atoms with E-state index in [0.717, 1.165) is 36.6 Å². The lowest BCUT2D eigenvalue weighted by atomic mass is 9.79. The molecule has 3 aromatic rings. The van der Waals surface area contributed by atoms with E-state index >= 15 is 0 Å². The van der Waals surface area contributed by atoms with Gasteiger partial charge in [0.2, 0.25) is 0 Å². The highest BCUT2D eigenvalue weighted by atomic mass is 16.3. The highest BCUT2D eigenvalue weighted by molar-refractivity contribution is 5.37. The molecule has 1 aliphatic rings. The number of aliphatic hydroxyl groups is 1. The van der Waals surface area contributed by atoms with Crippen LogP contribution in [0.3, 0.4) is 0 Å². The zero-order chi connectivity index (χ0) is 21.3. The summed E-state index contributed by atoms with van der Waals surface area (Å²) in [6, 6.07) is 20.4. The summed E-state index contributed by atoms with van der Waals surface area (Å²) in [4.78, 5) is 4.61. The van der Waals surface area contributed by atoms with E-state index < -0.39 is 5.60 Å². The number of rotatable bonds is 5. The molecule has 1 aromatic heterocycles. The van der Waals surface area contributed by atoms with Gasteiger partial charge in [0.1, 0.15) is 5.60 Å². The number of benzene rings is 2. The van der Waals surface area contributed by atoms with Crippen molar-refractivity contribution < 1.29 is 5.11 Å². The molecule has 0 spiro atoms. The Bertz CT molecular complexity index is 983. The van der Waals surface area contributed by atoms with E-state index in [4.69, 9.17) is 5.10 Å². The second-order valence-electron chi connectivity index (χ2n) is 8.65. The van der Waals surface area contributed by atoms with Crippen LogP contribution in [0, 0.1) is 13.8 Å². The van der Waals surface area contributed by atoms with Crippen molar-refractivity contribution in [3.63, 3.8) is 0 Å². The van der Waals surface area contributed by atoms with Crippen molar-refractivity contribution in [3.05, 3.63) is 83.2 Å². The smallest absolute Gasteiger partial charge is 0.107 e. The molecule has 0 unspecified atom stereocenters. The van der Waals surface area contributed by atoms with Gasteiger partial charge in [0.25, 0.3) is 0 Å². The summed E-state index contributed by atoms with van der Waals surface area (Å²) in [5, 5.41) is 16.4. The highest BCUT2D eigenvalue weighted by Crippen LogP contribution is 2.36. The van der Waals surface area contributed by atoms with Gasteiger partial charge in [-0.15, -0.1) is 0 Å². The molecular formula is C25H32N4O. The Morgan fingerprint density at radius 1 is 1.03 bits per heavy atom. The van der Waals surface area contributed by atoms with Gasteiger partial charge in [-0.2, -0.15) is 5.10 Å². The van der Waals surface area contributed by atoms with Crippen LogP contribution in [0.4, 0.5) is 0 Å². The van der Waals surface area contributed by atoms with Gasteiger partial charge >= 0.3 is 0 Å². The van der Waals surface area contributed by atoms with Crippen molar-refractivity contribution in [2.75, 3.05) is 27.2 Å². The molecule has 158 valence electrons. The third-order valence-corrected chi connectivity index (χ3v) is 6.51. The molecule has 5 nitrogen and oxygen atoms in total. The number of likely N-dealkylation sites (N-methyl/N-ethyl adjacent to an activating group) is 1. The number of likely N-dealkylation sites (tertiary alicyclic amines) is 1. The second-order valence-corrected chi connectivity index (χ2v) is 8.65. The molecule has 2 aromatic carbocycles. The van der Waals surface area contributed by atoms with Gasteiger partial charge in [-0.25, -0.2) is 4.68 Å². The molecule has 1 N–H and O–H groups in total. The zero-order valence-electron chi connectivity index (χ0n) is 18.4. The van der Waals surface area contributed by atoms with Crippen molar-refractivity contribution in [1.29, 1.82) is 0 Å². The highest BCUT2D eigenvalue weighted by Gasteiger charge is 2.44. The molecule has 4 rings (SSSR count). The predicted octanol–water partition coefficient (Wildman–Crippen LogP) is 3.51. The third kappa shape index (κ3) is 3.81. The molecule has 30 heavy (non-hydrogen) atoms. The fourth-order valence-corrected chi connectivity index (χ4v) is 4.73. The number of nitrogens with zero attached hydrogens (tertiary/aromatic N) is 4. The first-order valence-electron chi connectivity index (χ1n) is 10.7. The Morgan fingerprint density at radius 3 is 2.30 bits per heavy atom. The molecule has 0 bridgehead atoms. The summed E-state index contributed by atoms with van der Waals surface area (Å²) in [5.41, 5.74) is 4.80. The topological polar surface area (TPSA) is 44.5 Å². The Kier molecular flexibility index (Phi) is 5.78. The Hall–Kier alpha value is -2.47.